The molecule has 0 aliphatic carbocycles. The van der Waals surface area contributed by atoms with Gasteiger partial charge in [0, 0.05) is 0 Å². The molecule has 0 spiro atoms. The molecule has 0 nitrogen and oxygen atoms in total. The van der Waals surface area contributed by atoms with E-state index in [4.69, 9.17) is 0 Å². The minimum Gasteiger partial charge on any atom is -0.0651 e. The van der Waals surface area contributed by atoms with Gasteiger partial charge in [0.2, 0.25) is 0 Å². The number of hydrogen-bond acceptors (Lipinski definition) is 0. The molecule has 0 amide bonds. The minimum atomic E-state index is 0.550. The van der Waals surface area contributed by atoms with Crippen molar-refractivity contribution in [1.82, 2.24) is 0 Å². The molecule has 0 saturated heterocycles. The van der Waals surface area contributed by atoms with Crippen molar-refractivity contribution in [2.45, 2.75) is 47.5 Å². The zero-order valence-corrected chi connectivity index (χ0v) is 7.49. The standard InChI is InChI=1S/C9H20/c1-6-8(3)9(4,5)7-2/h8H,6-7H2,1-5H3/t8-/m1/s1. The summed E-state index contributed by atoms with van der Waals surface area (Å²) in [6.45, 7) is 11.6. The first-order chi connectivity index (χ1) is 4.04. The maximum absolute atomic E-state index is 2.35. The largest absolute Gasteiger partial charge is 0.0651 e. The lowest BCUT2D eigenvalue weighted by atomic mass is 9.77. The molecule has 0 rings (SSSR count). The van der Waals surface area contributed by atoms with Crippen LogP contribution in [0.2, 0.25) is 0 Å². The zero-order valence-electron chi connectivity index (χ0n) is 7.49. The fourth-order valence-corrected chi connectivity index (χ4v) is 0.901. The molecule has 0 saturated carbocycles. The summed E-state index contributed by atoms with van der Waals surface area (Å²) in [4.78, 5) is 0. The van der Waals surface area contributed by atoms with Gasteiger partial charge in [-0.1, -0.05) is 47.5 Å². The van der Waals surface area contributed by atoms with Crippen LogP contribution in [0.15, 0.2) is 0 Å². The average molecular weight is 128 g/mol. The molecule has 0 heterocycles. The molecule has 0 aromatic heterocycles. The van der Waals surface area contributed by atoms with Crippen LogP contribution in [0, 0.1) is 11.3 Å². The molecule has 0 aromatic carbocycles. The van der Waals surface area contributed by atoms with E-state index in [1.165, 1.54) is 12.8 Å². The molecule has 0 heteroatoms. The predicted octanol–water partition coefficient (Wildman–Crippen LogP) is 3.47. The van der Waals surface area contributed by atoms with Gasteiger partial charge >= 0.3 is 0 Å². The van der Waals surface area contributed by atoms with Crippen molar-refractivity contribution in [3.8, 4) is 0 Å². The SMILES string of the molecule is CC[C@@H](C)C(C)(C)CC. The molecular weight excluding hydrogens is 108 g/mol. The Balaban J connectivity index is 3.80. The molecule has 0 aromatic rings. The smallest absolute Gasteiger partial charge is 0.0331 e. The Labute approximate surface area is 59.7 Å². The monoisotopic (exact) mass is 128 g/mol. The Morgan fingerprint density at radius 1 is 1.22 bits per heavy atom. The van der Waals surface area contributed by atoms with Crippen LogP contribution in [0.5, 0.6) is 0 Å². The van der Waals surface area contributed by atoms with Crippen LogP contribution in [-0.2, 0) is 0 Å². The lowest BCUT2D eigenvalue weighted by Crippen LogP contribution is -2.19. The molecule has 0 aliphatic rings. The van der Waals surface area contributed by atoms with Gasteiger partial charge in [0.05, 0.1) is 0 Å². The minimum absolute atomic E-state index is 0.550. The van der Waals surface area contributed by atoms with Crippen molar-refractivity contribution >= 4 is 0 Å². The van der Waals surface area contributed by atoms with Crippen LogP contribution in [0.4, 0.5) is 0 Å². The van der Waals surface area contributed by atoms with E-state index in [1.807, 2.05) is 0 Å². The third-order valence-electron chi connectivity index (χ3n) is 2.86. The van der Waals surface area contributed by atoms with E-state index in [0.717, 1.165) is 5.92 Å². The first-order valence-electron chi connectivity index (χ1n) is 4.04. The van der Waals surface area contributed by atoms with E-state index in [9.17, 15) is 0 Å². The molecule has 0 bridgehead atoms. The van der Waals surface area contributed by atoms with Gasteiger partial charge in [0.25, 0.3) is 0 Å². The summed E-state index contributed by atoms with van der Waals surface area (Å²) in [6.07, 6.45) is 2.60. The van der Waals surface area contributed by atoms with Gasteiger partial charge in [-0.2, -0.15) is 0 Å². The Kier molecular flexibility index (Phi) is 3.24. The van der Waals surface area contributed by atoms with E-state index >= 15 is 0 Å². The molecular formula is C9H20. The summed E-state index contributed by atoms with van der Waals surface area (Å²) in [7, 11) is 0. The van der Waals surface area contributed by atoms with E-state index in [1.54, 1.807) is 0 Å². The second-order valence-corrected chi connectivity index (χ2v) is 3.65. The molecule has 1 atom stereocenters. The second kappa shape index (κ2) is 3.24. The third kappa shape index (κ3) is 2.38. The highest BCUT2D eigenvalue weighted by atomic mass is 14.3. The first kappa shape index (κ1) is 9.00. The van der Waals surface area contributed by atoms with Gasteiger partial charge in [-0.25, -0.2) is 0 Å². The summed E-state index contributed by atoms with van der Waals surface area (Å²) in [5, 5.41) is 0. The van der Waals surface area contributed by atoms with Crippen LogP contribution in [0.3, 0.4) is 0 Å². The van der Waals surface area contributed by atoms with Gasteiger partial charge in [-0.05, 0) is 11.3 Å². The van der Waals surface area contributed by atoms with Gasteiger partial charge in [-0.15, -0.1) is 0 Å². The van der Waals surface area contributed by atoms with E-state index in [2.05, 4.69) is 34.6 Å². The highest BCUT2D eigenvalue weighted by Crippen LogP contribution is 2.31. The van der Waals surface area contributed by atoms with Crippen molar-refractivity contribution < 1.29 is 0 Å². The maximum atomic E-state index is 2.35. The number of hydrogen-bond donors (Lipinski definition) is 0. The average Bonchev–Trinajstić information content (AvgIpc) is 1.86. The zero-order chi connectivity index (χ0) is 7.49. The second-order valence-electron chi connectivity index (χ2n) is 3.65. The van der Waals surface area contributed by atoms with Crippen molar-refractivity contribution in [2.75, 3.05) is 0 Å². The third-order valence-corrected chi connectivity index (χ3v) is 2.86. The normalized spacial score (nSPS) is 15.7. The van der Waals surface area contributed by atoms with Gasteiger partial charge < -0.3 is 0 Å². The molecule has 0 unspecified atom stereocenters. The summed E-state index contributed by atoms with van der Waals surface area (Å²) >= 11 is 0. The van der Waals surface area contributed by atoms with Gasteiger partial charge in [0.1, 0.15) is 0 Å². The molecule has 0 N–H and O–H groups in total. The topological polar surface area (TPSA) is 0 Å². The molecule has 56 valence electrons. The Hall–Kier alpha value is 0. The Bertz CT molecular complexity index is 72.1. The highest BCUT2D eigenvalue weighted by molar-refractivity contribution is 4.71. The van der Waals surface area contributed by atoms with Crippen LogP contribution < -0.4 is 0 Å². The first-order valence-corrected chi connectivity index (χ1v) is 4.04. The van der Waals surface area contributed by atoms with Crippen LogP contribution in [-0.4, -0.2) is 0 Å². The van der Waals surface area contributed by atoms with Crippen LogP contribution >= 0.6 is 0 Å². The quantitative estimate of drug-likeness (QED) is 0.546. The fraction of sp³-hybridized carbons (Fsp3) is 1.00. The van der Waals surface area contributed by atoms with Crippen molar-refractivity contribution in [3.63, 3.8) is 0 Å². The van der Waals surface area contributed by atoms with Gasteiger partial charge in [-0.3, -0.25) is 0 Å². The molecule has 0 fully saturated rings. The fourth-order valence-electron chi connectivity index (χ4n) is 0.901. The molecule has 0 aliphatic heterocycles. The summed E-state index contributed by atoms with van der Waals surface area (Å²) < 4.78 is 0. The lowest BCUT2D eigenvalue weighted by molar-refractivity contribution is 0.215. The van der Waals surface area contributed by atoms with Crippen molar-refractivity contribution in [2.24, 2.45) is 11.3 Å². The van der Waals surface area contributed by atoms with Crippen molar-refractivity contribution in [1.29, 1.82) is 0 Å². The van der Waals surface area contributed by atoms with Crippen molar-refractivity contribution in [3.05, 3.63) is 0 Å². The van der Waals surface area contributed by atoms with Crippen LogP contribution in [0.25, 0.3) is 0 Å². The maximum Gasteiger partial charge on any atom is -0.0331 e. The lowest BCUT2D eigenvalue weighted by Gasteiger charge is -2.29. The summed E-state index contributed by atoms with van der Waals surface area (Å²) in [5.74, 6) is 0.863. The summed E-state index contributed by atoms with van der Waals surface area (Å²) in [6, 6.07) is 0. The summed E-state index contributed by atoms with van der Waals surface area (Å²) in [5.41, 5.74) is 0.550. The highest BCUT2D eigenvalue weighted by Gasteiger charge is 2.21. The molecule has 9 heavy (non-hydrogen) atoms. The Morgan fingerprint density at radius 3 is 1.78 bits per heavy atom. The number of rotatable bonds is 3. The Morgan fingerprint density at radius 2 is 1.67 bits per heavy atom. The predicted molar refractivity (Wildman–Crippen MR) is 43.5 cm³/mol. The van der Waals surface area contributed by atoms with E-state index in [-0.39, 0.29) is 0 Å². The van der Waals surface area contributed by atoms with E-state index < -0.39 is 0 Å². The van der Waals surface area contributed by atoms with Gasteiger partial charge in [0.15, 0.2) is 0 Å². The van der Waals surface area contributed by atoms with E-state index in [0.29, 0.717) is 5.41 Å². The van der Waals surface area contributed by atoms with Crippen LogP contribution in [0.1, 0.15) is 47.5 Å². The molecule has 0 radical (unpaired) electrons.